The second-order valence-electron chi connectivity index (χ2n) is 7.03. The molecular weight excluding hydrogens is 397 g/mol. The molecule has 4 rings (SSSR count). The third-order valence-electron chi connectivity index (χ3n) is 5.16. The van der Waals surface area contributed by atoms with Crippen LogP contribution in [-0.2, 0) is 14.8 Å². The molecule has 2 aliphatic rings. The van der Waals surface area contributed by atoms with E-state index >= 15 is 0 Å². The fourth-order valence-electron chi connectivity index (χ4n) is 3.64. The first-order chi connectivity index (χ1) is 13.8. The van der Waals surface area contributed by atoms with E-state index in [0.29, 0.717) is 31.7 Å². The van der Waals surface area contributed by atoms with Gasteiger partial charge in [-0.25, -0.2) is 17.1 Å². The van der Waals surface area contributed by atoms with E-state index in [9.17, 15) is 22.4 Å². The predicted molar refractivity (Wildman–Crippen MR) is 107 cm³/mol. The molecule has 29 heavy (non-hydrogen) atoms. The van der Waals surface area contributed by atoms with Gasteiger partial charge in [-0.2, -0.15) is 0 Å². The van der Waals surface area contributed by atoms with Gasteiger partial charge in [-0.1, -0.05) is 6.07 Å². The van der Waals surface area contributed by atoms with Crippen LogP contribution < -0.4 is 9.21 Å². The second kappa shape index (κ2) is 7.47. The molecule has 2 aromatic rings. The zero-order valence-corrected chi connectivity index (χ0v) is 16.4. The molecule has 0 aromatic heterocycles. The molecule has 0 atom stereocenters. The van der Waals surface area contributed by atoms with Crippen molar-refractivity contribution in [1.29, 1.82) is 0 Å². The minimum absolute atomic E-state index is 0.0497. The van der Waals surface area contributed by atoms with Crippen LogP contribution in [0.4, 0.5) is 15.8 Å². The van der Waals surface area contributed by atoms with E-state index in [1.54, 1.807) is 29.2 Å². The average Bonchev–Trinajstić information content (AvgIpc) is 3.00. The second-order valence-corrected chi connectivity index (χ2v) is 8.97. The fourth-order valence-corrected chi connectivity index (χ4v) is 5.09. The van der Waals surface area contributed by atoms with Crippen molar-refractivity contribution in [1.82, 2.24) is 4.90 Å². The molecule has 0 N–H and O–H groups in total. The Morgan fingerprint density at radius 1 is 0.931 bits per heavy atom. The summed E-state index contributed by atoms with van der Waals surface area (Å²) in [6.07, 6.45) is -0.0497. The van der Waals surface area contributed by atoms with Crippen LogP contribution in [-0.4, -0.2) is 57.1 Å². The Morgan fingerprint density at radius 3 is 2.24 bits per heavy atom. The van der Waals surface area contributed by atoms with Crippen LogP contribution >= 0.6 is 0 Å². The fraction of sp³-hybridized carbons (Fsp3) is 0.300. The summed E-state index contributed by atoms with van der Waals surface area (Å²) in [5.74, 6) is -1.20. The van der Waals surface area contributed by atoms with Crippen molar-refractivity contribution in [2.45, 2.75) is 6.42 Å². The molecule has 0 radical (unpaired) electrons. The summed E-state index contributed by atoms with van der Waals surface area (Å²) in [6.45, 7) is 2.19. The van der Waals surface area contributed by atoms with Crippen molar-refractivity contribution in [3.63, 3.8) is 0 Å². The zero-order chi connectivity index (χ0) is 20.6. The Kier molecular flexibility index (Phi) is 4.99. The normalized spacial score (nSPS) is 18.9. The van der Waals surface area contributed by atoms with Crippen LogP contribution in [0.5, 0.6) is 0 Å². The summed E-state index contributed by atoms with van der Waals surface area (Å²) in [7, 11) is -3.67. The monoisotopic (exact) mass is 417 g/mol. The molecular formula is C20H20FN3O4S. The molecule has 0 spiro atoms. The number of hydrogen-bond acceptors (Lipinski definition) is 5. The molecule has 0 bridgehead atoms. The molecule has 7 nitrogen and oxygen atoms in total. The van der Waals surface area contributed by atoms with Crippen molar-refractivity contribution in [2.75, 3.05) is 41.1 Å². The Labute approximate surface area is 168 Å². The first-order valence-corrected chi connectivity index (χ1v) is 10.9. The number of piperazine rings is 1. The Hall–Kier alpha value is -2.94. The number of hydrogen-bond donors (Lipinski definition) is 0. The van der Waals surface area contributed by atoms with Crippen molar-refractivity contribution in [2.24, 2.45) is 0 Å². The minimum Gasteiger partial charge on any atom is -0.368 e. The molecule has 0 saturated carbocycles. The maximum absolute atomic E-state index is 13.1. The third-order valence-corrected chi connectivity index (χ3v) is 6.86. The van der Waals surface area contributed by atoms with Gasteiger partial charge in [0.05, 0.1) is 11.4 Å². The van der Waals surface area contributed by atoms with E-state index in [4.69, 9.17) is 0 Å². The quantitative estimate of drug-likeness (QED) is 0.762. The van der Waals surface area contributed by atoms with Gasteiger partial charge in [-0.05, 0) is 42.5 Å². The first-order valence-electron chi connectivity index (χ1n) is 9.31. The maximum Gasteiger partial charge on any atom is 0.254 e. The SMILES string of the molecule is O=C(c1cccc(N2C(=O)CCS2(=O)=O)c1)N1CCN(c2ccc(F)cc2)CC1. The van der Waals surface area contributed by atoms with Crippen LogP contribution in [0.25, 0.3) is 0 Å². The number of rotatable bonds is 3. The van der Waals surface area contributed by atoms with Gasteiger partial charge in [0, 0.05) is 43.9 Å². The largest absolute Gasteiger partial charge is 0.368 e. The van der Waals surface area contributed by atoms with Gasteiger partial charge in [0.2, 0.25) is 15.9 Å². The van der Waals surface area contributed by atoms with Gasteiger partial charge in [0.15, 0.2) is 0 Å². The highest BCUT2D eigenvalue weighted by atomic mass is 32.2. The van der Waals surface area contributed by atoms with Gasteiger partial charge in [-0.15, -0.1) is 0 Å². The predicted octanol–water partition coefficient (Wildman–Crippen LogP) is 1.85. The van der Waals surface area contributed by atoms with E-state index in [1.807, 2.05) is 0 Å². The van der Waals surface area contributed by atoms with Gasteiger partial charge >= 0.3 is 0 Å². The molecule has 2 saturated heterocycles. The molecule has 152 valence electrons. The number of anilines is 2. The van der Waals surface area contributed by atoms with E-state index < -0.39 is 15.9 Å². The van der Waals surface area contributed by atoms with Crippen LogP contribution in [0.1, 0.15) is 16.8 Å². The van der Waals surface area contributed by atoms with Crippen molar-refractivity contribution >= 4 is 33.2 Å². The van der Waals surface area contributed by atoms with E-state index in [0.717, 1.165) is 9.99 Å². The highest BCUT2D eigenvalue weighted by Crippen LogP contribution is 2.26. The van der Waals surface area contributed by atoms with E-state index in [2.05, 4.69) is 4.90 Å². The number of benzene rings is 2. The average molecular weight is 417 g/mol. The summed E-state index contributed by atoms with van der Waals surface area (Å²) in [4.78, 5) is 28.7. The van der Waals surface area contributed by atoms with Crippen LogP contribution in [0, 0.1) is 5.82 Å². The minimum atomic E-state index is -3.67. The van der Waals surface area contributed by atoms with Crippen molar-refractivity contribution < 1.29 is 22.4 Å². The number of sulfonamides is 1. The van der Waals surface area contributed by atoms with Gasteiger partial charge in [-0.3, -0.25) is 9.59 Å². The molecule has 0 aliphatic carbocycles. The number of amides is 2. The summed E-state index contributed by atoms with van der Waals surface area (Å²) in [6, 6.07) is 12.4. The summed E-state index contributed by atoms with van der Waals surface area (Å²) >= 11 is 0. The maximum atomic E-state index is 13.1. The lowest BCUT2D eigenvalue weighted by Gasteiger charge is -2.36. The topological polar surface area (TPSA) is 78.0 Å². The molecule has 2 fully saturated rings. The van der Waals surface area contributed by atoms with E-state index in [1.165, 1.54) is 24.3 Å². The molecule has 9 heteroatoms. The van der Waals surface area contributed by atoms with Crippen molar-refractivity contribution in [3.8, 4) is 0 Å². The Morgan fingerprint density at radius 2 is 1.62 bits per heavy atom. The van der Waals surface area contributed by atoms with E-state index in [-0.39, 0.29) is 29.6 Å². The summed E-state index contributed by atoms with van der Waals surface area (Å²) < 4.78 is 38.1. The highest BCUT2D eigenvalue weighted by molar-refractivity contribution is 7.94. The standard InChI is InChI=1S/C20H20FN3O4S/c21-16-4-6-17(7-5-16)22-9-11-23(12-10-22)20(26)15-2-1-3-18(14-15)24-19(25)8-13-29(24,27)28/h1-7,14H,8-13H2. The van der Waals surface area contributed by atoms with Gasteiger partial charge in [0.25, 0.3) is 5.91 Å². The Balaban J connectivity index is 1.47. The lowest BCUT2D eigenvalue weighted by Crippen LogP contribution is -2.48. The number of carbonyl (C=O) groups excluding carboxylic acids is 2. The smallest absolute Gasteiger partial charge is 0.254 e. The van der Waals surface area contributed by atoms with Gasteiger partial charge < -0.3 is 9.80 Å². The molecule has 2 aliphatic heterocycles. The number of carbonyl (C=O) groups is 2. The lowest BCUT2D eigenvalue weighted by atomic mass is 10.1. The molecule has 2 heterocycles. The first kappa shape index (κ1) is 19.4. The zero-order valence-electron chi connectivity index (χ0n) is 15.6. The van der Waals surface area contributed by atoms with Gasteiger partial charge in [0.1, 0.15) is 5.82 Å². The molecule has 2 amide bonds. The summed E-state index contributed by atoms with van der Waals surface area (Å²) in [5, 5.41) is 0. The molecule has 2 aromatic carbocycles. The number of halogens is 1. The Bertz CT molecular complexity index is 1050. The highest BCUT2D eigenvalue weighted by Gasteiger charge is 2.36. The van der Waals surface area contributed by atoms with Crippen molar-refractivity contribution in [3.05, 3.63) is 59.9 Å². The lowest BCUT2D eigenvalue weighted by molar-refractivity contribution is -0.116. The van der Waals surface area contributed by atoms with Crippen LogP contribution in [0.3, 0.4) is 0 Å². The number of nitrogens with zero attached hydrogens (tertiary/aromatic N) is 3. The molecule has 0 unspecified atom stereocenters. The van der Waals surface area contributed by atoms with Crippen LogP contribution in [0.2, 0.25) is 0 Å². The third kappa shape index (κ3) is 3.82. The summed E-state index contributed by atoms with van der Waals surface area (Å²) in [5.41, 5.74) is 1.44. The van der Waals surface area contributed by atoms with Crippen LogP contribution in [0.15, 0.2) is 48.5 Å².